The lowest BCUT2D eigenvalue weighted by Crippen LogP contribution is -2.37. The summed E-state index contributed by atoms with van der Waals surface area (Å²) in [6.07, 6.45) is -1.19. The predicted octanol–water partition coefficient (Wildman–Crippen LogP) is 0.619. The molecule has 128 valence electrons. The van der Waals surface area contributed by atoms with Crippen molar-refractivity contribution in [3.8, 4) is 5.75 Å². The van der Waals surface area contributed by atoms with Crippen LogP contribution in [0.2, 0.25) is 0 Å². The topological polar surface area (TPSA) is 112 Å². The number of ketones is 1. The molecule has 0 saturated carbocycles. The maximum Gasteiger partial charge on any atom is 0.265 e. The third-order valence-electron chi connectivity index (χ3n) is 3.70. The molecule has 0 saturated heterocycles. The van der Waals surface area contributed by atoms with Gasteiger partial charge in [0.1, 0.15) is 17.5 Å². The van der Waals surface area contributed by atoms with Crippen molar-refractivity contribution in [2.75, 3.05) is 0 Å². The Hall–Kier alpha value is -2.64. The van der Waals surface area contributed by atoms with Crippen LogP contribution in [-0.4, -0.2) is 38.0 Å². The van der Waals surface area contributed by atoms with Gasteiger partial charge in [-0.25, -0.2) is 0 Å². The van der Waals surface area contributed by atoms with Crippen LogP contribution in [0.4, 0.5) is 0 Å². The lowest BCUT2D eigenvalue weighted by Gasteiger charge is -2.17. The molecule has 2 atom stereocenters. The molecule has 1 aromatic heterocycles. The molecule has 1 heterocycles. The van der Waals surface area contributed by atoms with E-state index >= 15 is 0 Å². The molecule has 0 amide bonds. The summed E-state index contributed by atoms with van der Waals surface area (Å²) in [5.41, 5.74) is -0.192. The highest BCUT2D eigenvalue weighted by Crippen LogP contribution is 2.26. The Balaban J connectivity index is 2.49. The molecule has 0 spiro atoms. The van der Waals surface area contributed by atoms with Gasteiger partial charge in [0.15, 0.2) is 5.78 Å². The van der Waals surface area contributed by atoms with Crippen LogP contribution in [0.15, 0.2) is 40.8 Å². The molecule has 0 fully saturated rings. The highest BCUT2D eigenvalue weighted by molar-refractivity contribution is 6.09. The maximum absolute atomic E-state index is 12.4. The lowest BCUT2D eigenvalue weighted by atomic mass is 10.1. The van der Waals surface area contributed by atoms with Crippen molar-refractivity contribution in [2.45, 2.75) is 26.2 Å². The van der Waals surface area contributed by atoms with Crippen molar-refractivity contribution < 1.29 is 20.1 Å². The van der Waals surface area contributed by atoms with Gasteiger partial charge in [-0.3, -0.25) is 9.59 Å². The number of aryl methyl sites for hydroxylation is 1. The predicted molar refractivity (Wildman–Crippen MR) is 89.8 cm³/mol. The number of nitrogens with zero attached hydrogens (tertiary/aromatic N) is 1. The van der Waals surface area contributed by atoms with Gasteiger partial charge in [0.2, 0.25) is 0 Å². The number of hydrogen-bond donors (Lipinski definition) is 4. The largest absolute Gasteiger partial charge is 0.506 e. The molecule has 0 unspecified atom stereocenters. The van der Waals surface area contributed by atoms with E-state index in [2.05, 4.69) is 5.32 Å². The number of aliphatic hydroxyl groups is 2. The number of carbonyl (C=O) groups excluding carboxylic acids is 1. The fourth-order valence-corrected chi connectivity index (χ4v) is 2.37. The molecule has 0 aliphatic heterocycles. The Morgan fingerprint density at radius 3 is 2.54 bits per heavy atom. The van der Waals surface area contributed by atoms with Gasteiger partial charge in [0.25, 0.3) is 5.56 Å². The lowest BCUT2D eigenvalue weighted by molar-refractivity contribution is 0.0159. The van der Waals surface area contributed by atoms with Gasteiger partial charge in [0, 0.05) is 24.2 Å². The SMILES string of the molecule is C/C(=C\C(=O)c1c(O)c2ccccc2n(C)c1=O)N[C@@H](O)[C@H](C)O. The Morgan fingerprint density at radius 2 is 1.92 bits per heavy atom. The summed E-state index contributed by atoms with van der Waals surface area (Å²) in [6, 6.07) is 6.72. The molecular formula is C17H20N2O5. The first-order valence-corrected chi connectivity index (χ1v) is 7.40. The smallest absolute Gasteiger partial charge is 0.265 e. The summed E-state index contributed by atoms with van der Waals surface area (Å²) >= 11 is 0. The zero-order chi connectivity index (χ0) is 18.0. The number of pyridine rings is 1. The van der Waals surface area contributed by atoms with Crippen LogP contribution < -0.4 is 10.9 Å². The number of para-hydroxylation sites is 1. The van der Waals surface area contributed by atoms with E-state index < -0.39 is 23.7 Å². The van der Waals surface area contributed by atoms with Crippen LogP contribution in [0.5, 0.6) is 5.75 Å². The molecule has 4 N–H and O–H groups in total. The third kappa shape index (κ3) is 3.32. The van der Waals surface area contributed by atoms with E-state index in [0.29, 0.717) is 10.9 Å². The fraction of sp³-hybridized carbons (Fsp3) is 0.294. The second-order valence-electron chi connectivity index (χ2n) is 5.63. The molecule has 2 rings (SSSR count). The van der Waals surface area contributed by atoms with Gasteiger partial charge in [-0.05, 0) is 26.0 Å². The van der Waals surface area contributed by atoms with Crippen LogP contribution in [0, 0.1) is 0 Å². The number of nitrogens with one attached hydrogen (secondary N) is 1. The van der Waals surface area contributed by atoms with E-state index in [1.807, 2.05) is 0 Å². The van der Waals surface area contributed by atoms with E-state index in [1.165, 1.54) is 25.5 Å². The van der Waals surface area contributed by atoms with Gasteiger partial charge in [0.05, 0.1) is 11.6 Å². The van der Waals surface area contributed by atoms with Crippen LogP contribution >= 0.6 is 0 Å². The van der Waals surface area contributed by atoms with Gasteiger partial charge < -0.3 is 25.2 Å². The fourth-order valence-electron chi connectivity index (χ4n) is 2.37. The van der Waals surface area contributed by atoms with Crippen LogP contribution in [0.25, 0.3) is 10.9 Å². The Morgan fingerprint density at radius 1 is 1.29 bits per heavy atom. The van der Waals surface area contributed by atoms with Crippen molar-refractivity contribution >= 4 is 16.7 Å². The molecule has 0 radical (unpaired) electrons. The average molecular weight is 332 g/mol. The quantitative estimate of drug-likeness (QED) is 0.363. The van der Waals surface area contributed by atoms with E-state index in [9.17, 15) is 24.9 Å². The first kappa shape index (κ1) is 17.7. The highest BCUT2D eigenvalue weighted by atomic mass is 16.3. The van der Waals surface area contributed by atoms with Crippen molar-refractivity contribution in [1.82, 2.24) is 9.88 Å². The van der Waals surface area contributed by atoms with E-state index in [-0.39, 0.29) is 17.0 Å². The minimum atomic E-state index is -1.25. The number of hydrogen-bond acceptors (Lipinski definition) is 6. The molecule has 0 aliphatic rings. The molecule has 7 nitrogen and oxygen atoms in total. The van der Waals surface area contributed by atoms with Gasteiger partial charge >= 0.3 is 0 Å². The van der Waals surface area contributed by atoms with Gasteiger partial charge in [-0.2, -0.15) is 0 Å². The number of benzene rings is 1. The summed E-state index contributed by atoms with van der Waals surface area (Å²) < 4.78 is 1.30. The van der Waals surface area contributed by atoms with Crippen molar-refractivity contribution in [2.24, 2.45) is 7.05 Å². The first-order chi connectivity index (χ1) is 11.2. The monoisotopic (exact) mass is 332 g/mol. The van der Waals surface area contributed by atoms with E-state index in [4.69, 9.17) is 0 Å². The molecule has 1 aromatic carbocycles. The zero-order valence-electron chi connectivity index (χ0n) is 13.6. The van der Waals surface area contributed by atoms with Crippen LogP contribution in [0.3, 0.4) is 0 Å². The summed E-state index contributed by atoms with van der Waals surface area (Å²) in [5, 5.41) is 32.0. The molecule has 24 heavy (non-hydrogen) atoms. The Labute approximate surface area is 138 Å². The van der Waals surface area contributed by atoms with Crippen LogP contribution in [0.1, 0.15) is 24.2 Å². The second kappa shape index (κ2) is 6.86. The Kier molecular flexibility index (Phi) is 5.06. The number of aliphatic hydroxyl groups excluding tert-OH is 2. The molecular weight excluding hydrogens is 312 g/mol. The Bertz CT molecular complexity index is 867. The number of rotatable bonds is 5. The molecule has 7 heteroatoms. The number of carbonyl (C=O) groups is 1. The highest BCUT2D eigenvalue weighted by Gasteiger charge is 2.20. The minimum absolute atomic E-state index is 0.253. The standard InChI is InChI=1S/C17H20N2O5/c1-9(18-16(23)10(2)20)8-13(21)14-15(22)11-6-4-5-7-12(11)19(3)17(14)24/h4-8,10,16,18,20,22-23H,1-3H3/b9-8+/t10-,16-/m0/s1. The first-order valence-electron chi connectivity index (χ1n) is 7.40. The number of aromatic hydroxyl groups is 1. The summed E-state index contributed by atoms with van der Waals surface area (Å²) in [4.78, 5) is 24.8. The maximum atomic E-state index is 12.4. The molecule has 2 aromatic rings. The number of fused-ring (bicyclic) bond motifs is 1. The zero-order valence-corrected chi connectivity index (χ0v) is 13.6. The third-order valence-corrected chi connectivity index (χ3v) is 3.70. The van der Waals surface area contributed by atoms with E-state index in [1.54, 1.807) is 24.3 Å². The second-order valence-corrected chi connectivity index (χ2v) is 5.63. The van der Waals surface area contributed by atoms with Gasteiger partial charge in [-0.15, -0.1) is 0 Å². The van der Waals surface area contributed by atoms with Crippen molar-refractivity contribution in [3.63, 3.8) is 0 Å². The summed E-state index contributed by atoms with van der Waals surface area (Å²) in [7, 11) is 1.52. The molecule has 0 aliphatic carbocycles. The average Bonchev–Trinajstić information content (AvgIpc) is 2.52. The summed E-state index contributed by atoms with van der Waals surface area (Å²) in [6.45, 7) is 2.89. The minimum Gasteiger partial charge on any atom is -0.506 e. The van der Waals surface area contributed by atoms with Crippen LogP contribution in [-0.2, 0) is 7.05 Å². The van der Waals surface area contributed by atoms with Crippen molar-refractivity contribution in [3.05, 3.63) is 52.0 Å². The van der Waals surface area contributed by atoms with Crippen molar-refractivity contribution in [1.29, 1.82) is 0 Å². The number of aromatic nitrogens is 1. The number of allylic oxidation sites excluding steroid dienone is 2. The normalized spacial score (nSPS) is 14.5. The van der Waals surface area contributed by atoms with Gasteiger partial charge in [-0.1, -0.05) is 12.1 Å². The van der Waals surface area contributed by atoms with E-state index in [0.717, 1.165) is 6.08 Å². The summed E-state index contributed by atoms with van der Waals surface area (Å²) in [5.74, 6) is -1.07. The molecule has 0 bridgehead atoms.